The Morgan fingerprint density at radius 3 is 2.50 bits per heavy atom. The van der Waals surface area contributed by atoms with Gasteiger partial charge in [0, 0.05) is 12.7 Å². The van der Waals surface area contributed by atoms with Crippen LogP contribution in [-0.4, -0.2) is 15.9 Å². The first-order chi connectivity index (χ1) is 13.2. The van der Waals surface area contributed by atoms with Crippen molar-refractivity contribution in [1.82, 2.24) is 15.3 Å². The van der Waals surface area contributed by atoms with Crippen LogP contribution in [0.3, 0.4) is 0 Å². The number of aromatic nitrogens is 2. The number of pyridine rings is 1. The van der Waals surface area contributed by atoms with E-state index in [-0.39, 0.29) is 12.5 Å². The van der Waals surface area contributed by atoms with Gasteiger partial charge in [0.1, 0.15) is 10.7 Å². The number of amides is 1. The number of hydrogen-bond acceptors (Lipinski definition) is 5. The van der Waals surface area contributed by atoms with Gasteiger partial charge in [-0.05, 0) is 36.8 Å². The van der Waals surface area contributed by atoms with E-state index in [9.17, 15) is 18.0 Å². The number of nitrogens with zero attached hydrogens (tertiary/aromatic N) is 2. The summed E-state index contributed by atoms with van der Waals surface area (Å²) in [5.41, 5.74) is 0.367. The fourth-order valence-electron chi connectivity index (χ4n) is 2.29. The molecule has 0 radical (unpaired) electrons. The second-order valence-electron chi connectivity index (χ2n) is 5.80. The highest BCUT2D eigenvalue weighted by Gasteiger charge is 2.29. The molecule has 0 aliphatic heterocycles. The lowest BCUT2D eigenvalue weighted by atomic mass is 10.1. The fraction of sp³-hybridized carbons (Fsp3) is 0.167. The van der Waals surface area contributed by atoms with Crippen LogP contribution in [0.15, 0.2) is 42.6 Å². The highest BCUT2D eigenvalue weighted by Crippen LogP contribution is 2.29. The molecule has 2 N–H and O–H groups in total. The maximum Gasteiger partial charge on any atom is 0.416 e. The monoisotopic (exact) mass is 426 g/mol. The lowest BCUT2D eigenvalue weighted by Gasteiger charge is -2.08. The average Bonchev–Trinajstić information content (AvgIpc) is 3.01. The molecule has 1 aromatic carbocycles. The minimum absolute atomic E-state index is 0.107. The summed E-state index contributed by atoms with van der Waals surface area (Å²) >= 11 is 6.94. The molecule has 0 aliphatic carbocycles. The number of thiazole rings is 1. The number of carbonyl (C=O) groups is 1. The van der Waals surface area contributed by atoms with Crippen LogP contribution in [0.4, 0.5) is 24.1 Å². The highest BCUT2D eigenvalue weighted by molar-refractivity contribution is 7.17. The second kappa shape index (κ2) is 8.15. The summed E-state index contributed by atoms with van der Waals surface area (Å²) in [6, 6.07) is 8.00. The van der Waals surface area contributed by atoms with Gasteiger partial charge in [0.2, 0.25) is 0 Å². The molecule has 5 nitrogen and oxygen atoms in total. The van der Waals surface area contributed by atoms with Gasteiger partial charge in [-0.25, -0.2) is 9.97 Å². The first-order valence-corrected chi connectivity index (χ1v) is 9.22. The van der Waals surface area contributed by atoms with E-state index in [1.165, 1.54) is 18.3 Å². The van der Waals surface area contributed by atoms with Gasteiger partial charge < -0.3 is 10.6 Å². The third kappa shape index (κ3) is 4.99. The quantitative estimate of drug-likeness (QED) is 0.589. The molecule has 0 spiro atoms. The van der Waals surface area contributed by atoms with E-state index in [1.54, 1.807) is 19.1 Å². The molecule has 2 heterocycles. The van der Waals surface area contributed by atoms with Gasteiger partial charge in [-0.1, -0.05) is 35.1 Å². The molecular weight excluding hydrogens is 413 g/mol. The van der Waals surface area contributed by atoms with Gasteiger partial charge in [0.05, 0.1) is 16.3 Å². The summed E-state index contributed by atoms with van der Waals surface area (Å²) in [6.07, 6.45) is -2.90. The van der Waals surface area contributed by atoms with E-state index in [4.69, 9.17) is 11.6 Å². The molecule has 3 aromatic rings. The van der Waals surface area contributed by atoms with Crippen LogP contribution >= 0.6 is 22.9 Å². The average molecular weight is 427 g/mol. The Kier molecular flexibility index (Phi) is 5.85. The van der Waals surface area contributed by atoms with Crippen molar-refractivity contribution in [2.45, 2.75) is 19.6 Å². The van der Waals surface area contributed by atoms with Crippen molar-refractivity contribution in [3.05, 3.63) is 69.3 Å². The topological polar surface area (TPSA) is 66.9 Å². The number of anilines is 2. The van der Waals surface area contributed by atoms with Gasteiger partial charge in [0.25, 0.3) is 5.91 Å². The second-order valence-corrected chi connectivity index (χ2v) is 7.23. The molecule has 10 heteroatoms. The molecule has 0 saturated carbocycles. The first kappa shape index (κ1) is 20.1. The SMILES string of the molecule is Cc1nc(Nc2ccc(Cl)cn2)sc1C(=O)NCc1ccc(C(F)(F)F)cc1. The van der Waals surface area contributed by atoms with Crippen LogP contribution in [-0.2, 0) is 12.7 Å². The van der Waals surface area contributed by atoms with Crippen LogP contribution in [0.5, 0.6) is 0 Å². The number of carbonyl (C=O) groups excluding carboxylic acids is 1. The molecule has 2 aromatic heterocycles. The lowest BCUT2D eigenvalue weighted by molar-refractivity contribution is -0.137. The maximum atomic E-state index is 12.6. The maximum absolute atomic E-state index is 12.6. The number of halogens is 4. The van der Waals surface area contributed by atoms with E-state index in [0.29, 0.717) is 32.1 Å². The summed E-state index contributed by atoms with van der Waals surface area (Å²) < 4.78 is 37.8. The molecule has 1 amide bonds. The lowest BCUT2D eigenvalue weighted by Crippen LogP contribution is -2.22. The molecule has 0 atom stereocenters. The summed E-state index contributed by atoms with van der Waals surface area (Å²) in [7, 11) is 0. The Morgan fingerprint density at radius 1 is 1.18 bits per heavy atom. The number of nitrogens with one attached hydrogen (secondary N) is 2. The standard InChI is InChI=1S/C18H14ClF3N4OS/c1-10-15(28-17(25-10)26-14-7-6-13(19)9-23-14)16(27)24-8-11-2-4-12(5-3-11)18(20,21)22/h2-7,9H,8H2,1H3,(H,24,27)(H,23,25,26). The van der Waals surface area contributed by atoms with Crippen molar-refractivity contribution in [3.8, 4) is 0 Å². The molecule has 0 saturated heterocycles. The van der Waals surface area contributed by atoms with E-state index in [2.05, 4.69) is 20.6 Å². The minimum atomic E-state index is -4.39. The van der Waals surface area contributed by atoms with E-state index < -0.39 is 11.7 Å². The molecule has 28 heavy (non-hydrogen) atoms. The van der Waals surface area contributed by atoms with Crippen molar-refractivity contribution >= 4 is 39.8 Å². The summed E-state index contributed by atoms with van der Waals surface area (Å²) in [5, 5.41) is 6.68. The van der Waals surface area contributed by atoms with Gasteiger partial charge in [-0.3, -0.25) is 4.79 Å². The minimum Gasteiger partial charge on any atom is -0.347 e. The van der Waals surface area contributed by atoms with Crippen molar-refractivity contribution in [2.75, 3.05) is 5.32 Å². The van der Waals surface area contributed by atoms with Gasteiger partial charge in [-0.15, -0.1) is 0 Å². The van der Waals surface area contributed by atoms with Crippen molar-refractivity contribution < 1.29 is 18.0 Å². The fourth-order valence-corrected chi connectivity index (χ4v) is 3.30. The zero-order chi connectivity index (χ0) is 20.3. The van der Waals surface area contributed by atoms with Crippen LogP contribution in [0.1, 0.15) is 26.5 Å². The van der Waals surface area contributed by atoms with Crippen LogP contribution in [0.2, 0.25) is 5.02 Å². The van der Waals surface area contributed by atoms with Gasteiger partial charge in [-0.2, -0.15) is 13.2 Å². The molecule has 146 valence electrons. The summed E-state index contributed by atoms with van der Waals surface area (Å²) in [6.45, 7) is 1.81. The Balaban J connectivity index is 1.63. The predicted molar refractivity (Wildman–Crippen MR) is 102 cm³/mol. The third-order valence-corrected chi connectivity index (χ3v) is 4.99. The van der Waals surface area contributed by atoms with Gasteiger partial charge in [0.15, 0.2) is 5.13 Å². The van der Waals surface area contributed by atoms with Crippen LogP contribution < -0.4 is 10.6 Å². The highest BCUT2D eigenvalue weighted by atomic mass is 35.5. The van der Waals surface area contributed by atoms with Crippen LogP contribution in [0, 0.1) is 6.92 Å². The van der Waals surface area contributed by atoms with Crippen LogP contribution in [0.25, 0.3) is 0 Å². The third-order valence-electron chi connectivity index (χ3n) is 3.70. The zero-order valence-electron chi connectivity index (χ0n) is 14.5. The number of hydrogen-bond donors (Lipinski definition) is 2. The summed E-state index contributed by atoms with van der Waals surface area (Å²) in [5.74, 6) is 0.182. The van der Waals surface area contributed by atoms with E-state index in [1.807, 2.05) is 0 Å². The number of aryl methyl sites for hydroxylation is 1. The molecule has 0 fully saturated rings. The Hall–Kier alpha value is -2.65. The van der Waals surface area contributed by atoms with E-state index >= 15 is 0 Å². The van der Waals surface area contributed by atoms with Crippen molar-refractivity contribution in [1.29, 1.82) is 0 Å². The number of rotatable bonds is 5. The van der Waals surface area contributed by atoms with Crippen molar-refractivity contribution in [2.24, 2.45) is 0 Å². The first-order valence-electron chi connectivity index (χ1n) is 8.03. The Bertz CT molecular complexity index is 972. The Morgan fingerprint density at radius 2 is 1.89 bits per heavy atom. The number of benzene rings is 1. The van der Waals surface area contributed by atoms with E-state index in [0.717, 1.165) is 23.5 Å². The summed E-state index contributed by atoms with van der Waals surface area (Å²) in [4.78, 5) is 21.2. The van der Waals surface area contributed by atoms with Crippen molar-refractivity contribution in [3.63, 3.8) is 0 Å². The normalized spacial score (nSPS) is 11.3. The zero-order valence-corrected chi connectivity index (χ0v) is 16.0. The molecule has 0 bridgehead atoms. The van der Waals surface area contributed by atoms with Gasteiger partial charge >= 0.3 is 6.18 Å². The molecule has 3 rings (SSSR count). The predicted octanol–water partition coefficient (Wildman–Crippen LogP) is 5.19. The Labute approximate surface area is 167 Å². The molecule has 0 unspecified atom stereocenters. The molecular formula is C18H14ClF3N4OS. The smallest absolute Gasteiger partial charge is 0.347 e. The molecule has 0 aliphatic rings. The largest absolute Gasteiger partial charge is 0.416 e. The number of alkyl halides is 3.